The quantitative estimate of drug-likeness (QED) is 0.867. The van der Waals surface area contributed by atoms with Gasteiger partial charge in [-0.2, -0.15) is 0 Å². The van der Waals surface area contributed by atoms with E-state index in [0.29, 0.717) is 12.5 Å². The summed E-state index contributed by atoms with van der Waals surface area (Å²) >= 11 is 0. The second-order valence-corrected chi connectivity index (χ2v) is 8.39. The first kappa shape index (κ1) is 18.1. The van der Waals surface area contributed by atoms with Gasteiger partial charge in [0, 0.05) is 31.6 Å². The minimum absolute atomic E-state index is 0.0231. The number of nitrogens with two attached hydrogens (primary N) is 1. The molecule has 0 radical (unpaired) electrons. The van der Waals surface area contributed by atoms with Crippen LogP contribution in [0.25, 0.3) is 0 Å². The highest BCUT2D eigenvalue weighted by Gasteiger charge is 2.34. The Hall–Kier alpha value is -1.26. The van der Waals surface area contributed by atoms with Crippen molar-refractivity contribution in [1.29, 1.82) is 0 Å². The van der Waals surface area contributed by atoms with Crippen molar-refractivity contribution >= 4 is 11.9 Å². The van der Waals surface area contributed by atoms with Gasteiger partial charge in [0.05, 0.1) is 0 Å². The number of likely N-dealkylation sites (tertiary alicyclic amines) is 1. The summed E-state index contributed by atoms with van der Waals surface area (Å²) in [4.78, 5) is 28.2. The molecule has 0 spiro atoms. The molecule has 1 saturated heterocycles. The Bertz CT molecular complexity index is 416. The van der Waals surface area contributed by atoms with Gasteiger partial charge in [-0.1, -0.05) is 40.0 Å². The van der Waals surface area contributed by atoms with Crippen LogP contribution >= 0.6 is 0 Å². The number of rotatable bonds is 3. The lowest BCUT2D eigenvalue weighted by molar-refractivity contribution is -0.134. The highest BCUT2D eigenvalue weighted by Crippen LogP contribution is 2.28. The van der Waals surface area contributed by atoms with Crippen molar-refractivity contribution in [2.45, 2.75) is 84.2 Å². The third kappa shape index (κ3) is 5.11. The third-order valence-corrected chi connectivity index (χ3v) is 5.11. The van der Waals surface area contributed by atoms with Gasteiger partial charge in [0.25, 0.3) is 0 Å². The van der Waals surface area contributed by atoms with Crippen LogP contribution in [-0.2, 0) is 4.79 Å². The molecule has 0 bridgehead atoms. The SMILES string of the molecule is CC(C)(C)CC(=O)N1CCC(N(C(N)=O)C2CCCCC2)CC1. The summed E-state index contributed by atoms with van der Waals surface area (Å²) in [5.41, 5.74) is 5.71. The van der Waals surface area contributed by atoms with Crippen LogP contribution in [0.3, 0.4) is 0 Å². The Morgan fingerprint density at radius 1 is 1.00 bits per heavy atom. The van der Waals surface area contributed by atoms with Crippen LogP contribution < -0.4 is 5.73 Å². The average molecular weight is 323 g/mol. The van der Waals surface area contributed by atoms with Gasteiger partial charge in [-0.25, -0.2) is 4.79 Å². The maximum atomic E-state index is 12.3. The summed E-state index contributed by atoms with van der Waals surface area (Å²) in [5.74, 6) is 0.235. The minimum atomic E-state index is -0.281. The predicted octanol–water partition coefficient (Wildman–Crippen LogP) is 3.13. The monoisotopic (exact) mass is 323 g/mol. The Morgan fingerprint density at radius 2 is 1.52 bits per heavy atom. The van der Waals surface area contributed by atoms with E-state index in [4.69, 9.17) is 5.73 Å². The maximum absolute atomic E-state index is 12.3. The molecule has 0 unspecified atom stereocenters. The molecule has 0 aromatic rings. The van der Waals surface area contributed by atoms with Crippen molar-refractivity contribution in [3.63, 3.8) is 0 Å². The van der Waals surface area contributed by atoms with E-state index in [1.807, 2.05) is 9.80 Å². The third-order valence-electron chi connectivity index (χ3n) is 5.11. The molecule has 2 aliphatic rings. The fraction of sp³-hybridized carbons (Fsp3) is 0.889. The Morgan fingerprint density at radius 3 is 2.00 bits per heavy atom. The van der Waals surface area contributed by atoms with Crippen molar-refractivity contribution < 1.29 is 9.59 Å². The molecule has 2 fully saturated rings. The topological polar surface area (TPSA) is 66.6 Å². The molecule has 2 N–H and O–H groups in total. The van der Waals surface area contributed by atoms with Crippen LogP contribution in [0, 0.1) is 5.41 Å². The van der Waals surface area contributed by atoms with Crippen LogP contribution in [0.15, 0.2) is 0 Å². The van der Waals surface area contributed by atoms with E-state index in [-0.39, 0.29) is 23.4 Å². The summed E-state index contributed by atoms with van der Waals surface area (Å²) in [6, 6.07) is 0.230. The molecule has 0 atom stereocenters. The zero-order valence-electron chi connectivity index (χ0n) is 15.0. The van der Waals surface area contributed by atoms with Gasteiger partial charge in [0.15, 0.2) is 0 Å². The highest BCUT2D eigenvalue weighted by molar-refractivity contribution is 5.77. The standard InChI is InChI=1S/C18H33N3O2/c1-18(2,3)13-16(22)20-11-9-15(10-12-20)21(17(19)23)14-7-5-4-6-8-14/h14-15H,4-13H2,1-3H3,(H2,19,23). The Kier molecular flexibility index (Phi) is 5.93. The molecule has 1 aliphatic carbocycles. The van der Waals surface area contributed by atoms with Gasteiger partial charge in [-0.3, -0.25) is 4.79 Å². The molecule has 3 amide bonds. The van der Waals surface area contributed by atoms with Crippen molar-refractivity contribution in [2.75, 3.05) is 13.1 Å². The number of piperidine rings is 1. The second-order valence-electron chi connectivity index (χ2n) is 8.39. The van der Waals surface area contributed by atoms with Gasteiger partial charge in [0.2, 0.25) is 5.91 Å². The first-order chi connectivity index (χ1) is 10.8. The average Bonchev–Trinajstić information content (AvgIpc) is 2.47. The van der Waals surface area contributed by atoms with E-state index in [1.165, 1.54) is 19.3 Å². The smallest absolute Gasteiger partial charge is 0.315 e. The summed E-state index contributed by atoms with van der Waals surface area (Å²) in [6.07, 6.45) is 8.10. The summed E-state index contributed by atoms with van der Waals surface area (Å²) in [7, 11) is 0. The Labute approximate surface area is 140 Å². The van der Waals surface area contributed by atoms with Crippen LogP contribution in [0.1, 0.15) is 72.1 Å². The van der Waals surface area contributed by atoms with E-state index in [9.17, 15) is 9.59 Å². The first-order valence-corrected chi connectivity index (χ1v) is 9.13. The normalized spacial score (nSPS) is 21.3. The number of primary amides is 1. The van der Waals surface area contributed by atoms with Crippen molar-refractivity contribution in [3.05, 3.63) is 0 Å². The van der Waals surface area contributed by atoms with Gasteiger partial charge in [-0.05, 0) is 31.1 Å². The predicted molar refractivity (Wildman–Crippen MR) is 92.0 cm³/mol. The maximum Gasteiger partial charge on any atom is 0.315 e. The summed E-state index contributed by atoms with van der Waals surface area (Å²) in [5, 5.41) is 0. The molecular formula is C18H33N3O2. The molecular weight excluding hydrogens is 290 g/mol. The minimum Gasteiger partial charge on any atom is -0.351 e. The van der Waals surface area contributed by atoms with Crippen molar-refractivity contribution in [3.8, 4) is 0 Å². The number of hydrogen-bond donors (Lipinski definition) is 1. The number of amides is 3. The van der Waals surface area contributed by atoms with Gasteiger partial charge >= 0.3 is 6.03 Å². The molecule has 5 nitrogen and oxygen atoms in total. The molecule has 5 heteroatoms. The molecule has 1 aliphatic heterocycles. The largest absolute Gasteiger partial charge is 0.351 e. The van der Waals surface area contributed by atoms with E-state index in [1.54, 1.807) is 0 Å². The fourth-order valence-corrected chi connectivity index (χ4v) is 3.98. The van der Waals surface area contributed by atoms with E-state index in [0.717, 1.165) is 38.8 Å². The molecule has 1 saturated carbocycles. The van der Waals surface area contributed by atoms with Crippen LogP contribution in [0.5, 0.6) is 0 Å². The van der Waals surface area contributed by atoms with E-state index in [2.05, 4.69) is 20.8 Å². The molecule has 0 aromatic carbocycles. The van der Waals surface area contributed by atoms with Crippen LogP contribution in [0.2, 0.25) is 0 Å². The molecule has 0 aromatic heterocycles. The molecule has 1 heterocycles. The van der Waals surface area contributed by atoms with Crippen molar-refractivity contribution in [2.24, 2.45) is 11.1 Å². The molecule has 132 valence electrons. The highest BCUT2D eigenvalue weighted by atomic mass is 16.2. The fourth-order valence-electron chi connectivity index (χ4n) is 3.98. The number of carbonyl (C=O) groups excluding carboxylic acids is 2. The number of hydrogen-bond acceptors (Lipinski definition) is 2. The number of carbonyl (C=O) groups is 2. The number of nitrogens with zero attached hydrogens (tertiary/aromatic N) is 2. The Balaban J connectivity index is 1.91. The van der Waals surface area contributed by atoms with E-state index >= 15 is 0 Å². The van der Waals surface area contributed by atoms with Crippen LogP contribution in [-0.4, -0.2) is 46.9 Å². The lowest BCUT2D eigenvalue weighted by atomic mass is 9.90. The van der Waals surface area contributed by atoms with Crippen LogP contribution in [0.4, 0.5) is 4.79 Å². The van der Waals surface area contributed by atoms with Gasteiger partial charge < -0.3 is 15.5 Å². The molecule has 23 heavy (non-hydrogen) atoms. The van der Waals surface area contributed by atoms with E-state index < -0.39 is 0 Å². The lowest BCUT2D eigenvalue weighted by Gasteiger charge is -2.43. The second kappa shape index (κ2) is 7.54. The number of urea groups is 1. The van der Waals surface area contributed by atoms with Gasteiger partial charge in [0.1, 0.15) is 0 Å². The lowest BCUT2D eigenvalue weighted by Crippen LogP contribution is -2.54. The van der Waals surface area contributed by atoms with Gasteiger partial charge in [-0.15, -0.1) is 0 Å². The zero-order valence-corrected chi connectivity index (χ0v) is 15.0. The zero-order chi connectivity index (χ0) is 17.0. The first-order valence-electron chi connectivity index (χ1n) is 9.13. The summed E-state index contributed by atoms with van der Waals surface area (Å²) in [6.45, 7) is 7.77. The molecule has 2 rings (SSSR count). The van der Waals surface area contributed by atoms with Crippen molar-refractivity contribution in [1.82, 2.24) is 9.80 Å². The summed E-state index contributed by atoms with van der Waals surface area (Å²) < 4.78 is 0.